The van der Waals surface area contributed by atoms with Crippen LogP contribution in [0.2, 0.25) is 0 Å². The Hall–Kier alpha value is -3.41. The molecule has 0 spiro atoms. The molecule has 116 valence electrons. The predicted molar refractivity (Wildman–Crippen MR) is 84.3 cm³/mol. The first-order chi connectivity index (χ1) is 11.1. The molecule has 0 saturated carbocycles. The van der Waals surface area contributed by atoms with E-state index in [4.69, 9.17) is 5.11 Å². The summed E-state index contributed by atoms with van der Waals surface area (Å²) in [6.07, 6.45) is 1.48. The molecule has 2 amide bonds. The van der Waals surface area contributed by atoms with Gasteiger partial charge in [-0.25, -0.2) is 4.79 Å². The number of hydrogen-bond donors (Lipinski definition) is 3. The Morgan fingerprint density at radius 3 is 2.00 bits per heavy atom. The Bertz CT molecular complexity index is 737. The predicted octanol–water partition coefficient (Wildman–Crippen LogP) is 1.76. The summed E-state index contributed by atoms with van der Waals surface area (Å²) in [6, 6.07) is 16.6. The quantitative estimate of drug-likeness (QED) is 0.592. The number of aliphatic carboxylic acids is 1. The molecule has 23 heavy (non-hydrogen) atoms. The van der Waals surface area contributed by atoms with Crippen molar-refractivity contribution in [2.75, 3.05) is 0 Å². The van der Waals surface area contributed by atoms with Gasteiger partial charge in [-0.2, -0.15) is 0 Å². The molecule has 2 aromatic carbocycles. The number of carboxylic acids is 1. The molecule has 2 rings (SSSR count). The van der Waals surface area contributed by atoms with Crippen molar-refractivity contribution < 1.29 is 19.5 Å². The van der Waals surface area contributed by atoms with E-state index in [9.17, 15) is 14.4 Å². The van der Waals surface area contributed by atoms with Crippen molar-refractivity contribution in [3.8, 4) is 11.1 Å². The first kappa shape index (κ1) is 16.0. The molecule has 0 fully saturated rings. The van der Waals surface area contributed by atoms with Crippen LogP contribution in [0.1, 0.15) is 10.4 Å². The van der Waals surface area contributed by atoms with Gasteiger partial charge in [0.05, 0.1) is 0 Å². The second kappa shape index (κ2) is 7.56. The van der Waals surface area contributed by atoms with Gasteiger partial charge in [0.2, 0.25) is 0 Å². The zero-order chi connectivity index (χ0) is 16.7. The van der Waals surface area contributed by atoms with Crippen LogP contribution in [-0.4, -0.2) is 22.9 Å². The molecular weight excluding hydrogens is 296 g/mol. The average Bonchev–Trinajstić information content (AvgIpc) is 2.58. The molecule has 3 N–H and O–H groups in total. The van der Waals surface area contributed by atoms with Gasteiger partial charge in [-0.15, -0.1) is 0 Å². The molecule has 6 heteroatoms. The van der Waals surface area contributed by atoms with Gasteiger partial charge in [0, 0.05) is 17.7 Å². The minimum absolute atomic E-state index is 0.368. The maximum absolute atomic E-state index is 11.9. The van der Waals surface area contributed by atoms with Crippen molar-refractivity contribution in [3.63, 3.8) is 0 Å². The van der Waals surface area contributed by atoms with Gasteiger partial charge in [0.25, 0.3) is 11.8 Å². The number of carboxylic acid groups (broad SMARTS) is 1. The molecule has 2 aromatic rings. The summed E-state index contributed by atoms with van der Waals surface area (Å²) in [5, 5.41) is 8.38. The normalized spacial score (nSPS) is 10.3. The summed E-state index contributed by atoms with van der Waals surface area (Å²) in [6.45, 7) is 0. The number of hydrogen-bond acceptors (Lipinski definition) is 3. The molecule has 0 unspecified atom stereocenters. The number of carbonyl (C=O) groups excluding carboxylic acids is 2. The Morgan fingerprint density at radius 1 is 0.783 bits per heavy atom. The van der Waals surface area contributed by atoms with Crippen LogP contribution in [-0.2, 0) is 9.59 Å². The Morgan fingerprint density at radius 2 is 1.39 bits per heavy atom. The van der Waals surface area contributed by atoms with E-state index in [1.807, 2.05) is 30.3 Å². The fourth-order valence-corrected chi connectivity index (χ4v) is 1.82. The lowest BCUT2D eigenvalue weighted by Gasteiger charge is -2.06. The second-order valence-electron chi connectivity index (χ2n) is 4.56. The zero-order valence-corrected chi connectivity index (χ0v) is 12.0. The minimum Gasteiger partial charge on any atom is -0.478 e. The van der Waals surface area contributed by atoms with Crippen molar-refractivity contribution in [3.05, 3.63) is 72.3 Å². The van der Waals surface area contributed by atoms with Gasteiger partial charge in [0.1, 0.15) is 0 Å². The summed E-state index contributed by atoms with van der Waals surface area (Å²) in [5.74, 6) is -2.48. The topological polar surface area (TPSA) is 95.5 Å². The van der Waals surface area contributed by atoms with Crippen molar-refractivity contribution in [2.24, 2.45) is 0 Å². The van der Waals surface area contributed by atoms with Gasteiger partial charge >= 0.3 is 5.97 Å². The van der Waals surface area contributed by atoms with Gasteiger partial charge < -0.3 is 5.11 Å². The number of hydrazine groups is 1. The molecule has 0 aromatic heterocycles. The van der Waals surface area contributed by atoms with E-state index in [1.54, 1.807) is 24.3 Å². The highest BCUT2D eigenvalue weighted by molar-refractivity contribution is 5.98. The summed E-state index contributed by atoms with van der Waals surface area (Å²) in [4.78, 5) is 33.4. The summed E-state index contributed by atoms with van der Waals surface area (Å²) in [5.41, 5.74) is 6.66. The number of nitrogens with one attached hydrogen (secondary N) is 2. The van der Waals surface area contributed by atoms with E-state index in [0.717, 1.165) is 17.2 Å². The first-order valence-electron chi connectivity index (χ1n) is 6.73. The van der Waals surface area contributed by atoms with Gasteiger partial charge in [-0.1, -0.05) is 42.5 Å². The van der Waals surface area contributed by atoms with Crippen LogP contribution < -0.4 is 10.9 Å². The lowest BCUT2D eigenvalue weighted by molar-refractivity contribution is -0.131. The van der Waals surface area contributed by atoms with Crippen LogP contribution in [0.3, 0.4) is 0 Å². The third-order valence-corrected chi connectivity index (χ3v) is 2.93. The number of amides is 2. The molecule has 0 radical (unpaired) electrons. The van der Waals surface area contributed by atoms with Crippen molar-refractivity contribution in [1.29, 1.82) is 0 Å². The standard InChI is InChI=1S/C17H14N2O4/c20-15(10-11-16(21)22)18-19-17(23)14-8-6-13(7-9-14)12-4-2-1-3-5-12/h1-11H,(H,18,20)(H,19,23)(H,21,22)/b11-10-. The van der Waals surface area contributed by atoms with E-state index < -0.39 is 17.8 Å². The summed E-state index contributed by atoms with van der Waals surface area (Å²) < 4.78 is 0. The molecule has 0 saturated heterocycles. The van der Waals surface area contributed by atoms with E-state index in [-0.39, 0.29) is 0 Å². The van der Waals surface area contributed by atoms with E-state index in [1.165, 1.54) is 0 Å². The monoisotopic (exact) mass is 310 g/mol. The number of rotatable bonds is 4. The fraction of sp³-hybridized carbons (Fsp3) is 0. The lowest BCUT2D eigenvalue weighted by atomic mass is 10.0. The van der Waals surface area contributed by atoms with E-state index in [2.05, 4.69) is 10.9 Å². The molecule has 0 heterocycles. The maximum atomic E-state index is 11.9. The molecule has 0 aliphatic carbocycles. The van der Waals surface area contributed by atoms with Gasteiger partial charge in [-0.3, -0.25) is 20.4 Å². The minimum atomic E-state index is -1.25. The third-order valence-electron chi connectivity index (χ3n) is 2.93. The SMILES string of the molecule is O=C(O)/C=C\C(=O)NNC(=O)c1ccc(-c2ccccc2)cc1. The third kappa shape index (κ3) is 4.82. The van der Waals surface area contributed by atoms with Crippen LogP contribution >= 0.6 is 0 Å². The number of benzene rings is 2. The molecule has 0 bridgehead atoms. The second-order valence-corrected chi connectivity index (χ2v) is 4.56. The Balaban J connectivity index is 1.95. The lowest BCUT2D eigenvalue weighted by Crippen LogP contribution is -2.40. The molecule has 0 aliphatic heterocycles. The fourth-order valence-electron chi connectivity index (χ4n) is 1.82. The van der Waals surface area contributed by atoms with E-state index in [0.29, 0.717) is 11.6 Å². The first-order valence-corrected chi connectivity index (χ1v) is 6.73. The molecular formula is C17H14N2O4. The maximum Gasteiger partial charge on any atom is 0.328 e. The van der Waals surface area contributed by atoms with Crippen LogP contribution in [0.25, 0.3) is 11.1 Å². The van der Waals surface area contributed by atoms with Gasteiger partial charge in [-0.05, 0) is 23.3 Å². The highest BCUT2D eigenvalue weighted by atomic mass is 16.4. The Labute approximate surface area is 132 Å². The zero-order valence-electron chi connectivity index (χ0n) is 12.0. The van der Waals surface area contributed by atoms with Crippen LogP contribution in [0.4, 0.5) is 0 Å². The number of carbonyl (C=O) groups is 3. The van der Waals surface area contributed by atoms with Crippen molar-refractivity contribution in [2.45, 2.75) is 0 Å². The average molecular weight is 310 g/mol. The summed E-state index contributed by atoms with van der Waals surface area (Å²) >= 11 is 0. The largest absolute Gasteiger partial charge is 0.478 e. The highest BCUT2D eigenvalue weighted by Crippen LogP contribution is 2.19. The summed E-state index contributed by atoms with van der Waals surface area (Å²) in [7, 11) is 0. The molecule has 0 aliphatic rings. The van der Waals surface area contributed by atoms with E-state index >= 15 is 0 Å². The molecule has 6 nitrogen and oxygen atoms in total. The van der Waals surface area contributed by atoms with Crippen molar-refractivity contribution in [1.82, 2.24) is 10.9 Å². The highest BCUT2D eigenvalue weighted by Gasteiger charge is 2.06. The van der Waals surface area contributed by atoms with Crippen LogP contribution in [0.5, 0.6) is 0 Å². The van der Waals surface area contributed by atoms with Gasteiger partial charge in [0.15, 0.2) is 0 Å². The van der Waals surface area contributed by atoms with Crippen molar-refractivity contribution >= 4 is 17.8 Å². The van der Waals surface area contributed by atoms with Crippen LogP contribution in [0, 0.1) is 0 Å². The van der Waals surface area contributed by atoms with Crippen LogP contribution in [0.15, 0.2) is 66.7 Å². The smallest absolute Gasteiger partial charge is 0.328 e. The Kier molecular flexibility index (Phi) is 5.25. The molecule has 0 atom stereocenters.